The molecule has 0 aliphatic heterocycles. The molecule has 1 amide bonds. The molecule has 2 heterocycles. The van der Waals surface area contributed by atoms with Crippen molar-refractivity contribution in [2.45, 2.75) is 25.0 Å². The molecular weight excluding hydrogens is 385 g/mol. The Morgan fingerprint density at radius 1 is 1.32 bits per heavy atom. The molecule has 2 aromatic heterocycles. The zero-order valence-electron chi connectivity index (χ0n) is 13.0. The quantitative estimate of drug-likeness (QED) is 0.599. The average Bonchev–Trinajstić information content (AvgIpc) is 2.60. The van der Waals surface area contributed by atoms with E-state index >= 15 is 0 Å². The van der Waals surface area contributed by atoms with Gasteiger partial charge in [-0.2, -0.15) is 0 Å². The molecule has 130 valence electrons. The normalized spacial score (nSPS) is 19.0. The predicted molar refractivity (Wildman–Crippen MR) is 97.2 cm³/mol. The zero-order valence-corrected chi connectivity index (χ0v) is 15.3. The lowest BCUT2D eigenvalue weighted by atomic mass is 9.89. The molecule has 25 heavy (non-hydrogen) atoms. The van der Waals surface area contributed by atoms with Crippen molar-refractivity contribution in [1.82, 2.24) is 15.3 Å². The number of halogens is 3. The summed E-state index contributed by atoms with van der Waals surface area (Å²) in [7, 11) is 0. The van der Waals surface area contributed by atoms with E-state index in [1.807, 2.05) is 6.07 Å². The summed E-state index contributed by atoms with van der Waals surface area (Å²) in [5.41, 5.74) is 1.54. The van der Waals surface area contributed by atoms with Crippen molar-refractivity contribution in [1.29, 1.82) is 0 Å². The highest BCUT2D eigenvalue weighted by Crippen LogP contribution is 2.39. The van der Waals surface area contributed by atoms with Crippen LogP contribution in [0, 0.1) is 0 Å². The van der Waals surface area contributed by atoms with Crippen LogP contribution in [0.15, 0.2) is 37.1 Å². The first-order valence-electron chi connectivity index (χ1n) is 7.55. The van der Waals surface area contributed by atoms with Gasteiger partial charge in [0, 0.05) is 6.07 Å². The minimum absolute atomic E-state index is 0.169. The number of rotatable bonds is 4. The molecule has 0 bridgehead atoms. The second-order valence-corrected chi connectivity index (χ2v) is 6.65. The highest BCUT2D eigenvalue weighted by atomic mass is 35.5. The van der Waals surface area contributed by atoms with Crippen molar-refractivity contribution < 1.29 is 9.53 Å². The van der Waals surface area contributed by atoms with Gasteiger partial charge in [-0.1, -0.05) is 47.4 Å². The topological polar surface area (TPSA) is 64.1 Å². The number of pyridine rings is 2. The molecule has 0 aromatic carbocycles. The van der Waals surface area contributed by atoms with Crippen LogP contribution in [0.25, 0.3) is 0 Å². The van der Waals surface area contributed by atoms with Crippen molar-refractivity contribution in [3.8, 4) is 5.75 Å². The van der Waals surface area contributed by atoms with Crippen LogP contribution in [0.3, 0.4) is 0 Å². The van der Waals surface area contributed by atoms with Crippen LogP contribution < -0.4 is 10.1 Å². The molecule has 2 unspecified atom stereocenters. The third-order valence-electron chi connectivity index (χ3n) is 3.87. The molecule has 0 radical (unpaired) electrons. The number of amides is 1. The number of carbonyl (C=O) groups is 1. The smallest absolute Gasteiger partial charge is 0.243 e. The SMILES string of the molecule is C=CC(=O)NC1CCC(Oc2cnc(Cl)c(Cl)c2)c2nc(Cl)ccc21. The van der Waals surface area contributed by atoms with Crippen LogP contribution in [0.1, 0.15) is 36.2 Å². The number of carbonyl (C=O) groups excluding carboxylic acids is 1. The largest absolute Gasteiger partial charge is 0.482 e. The zero-order chi connectivity index (χ0) is 18.0. The van der Waals surface area contributed by atoms with Gasteiger partial charge in [-0.15, -0.1) is 0 Å². The van der Waals surface area contributed by atoms with E-state index in [0.29, 0.717) is 34.5 Å². The van der Waals surface area contributed by atoms with E-state index in [-0.39, 0.29) is 23.2 Å². The number of fused-ring (bicyclic) bond motifs is 1. The maximum absolute atomic E-state index is 11.7. The highest BCUT2D eigenvalue weighted by molar-refractivity contribution is 6.41. The number of hydrogen-bond acceptors (Lipinski definition) is 4. The first kappa shape index (κ1) is 18.0. The lowest BCUT2D eigenvalue weighted by molar-refractivity contribution is -0.117. The molecular formula is C17H14Cl3N3O2. The molecule has 5 nitrogen and oxygen atoms in total. The number of hydrogen-bond donors (Lipinski definition) is 1. The Morgan fingerprint density at radius 2 is 2.12 bits per heavy atom. The molecule has 8 heteroatoms. The fourth-order valence-electron chi connectivity index (χ4n) is 2.75. The first-order chi connectivity index (χ1) is 12.0. The summed E-state index contributed by atoms with van der Waals surface area (Å²) < 4.78 is 5.99. The Balaban J connectivity index is 1.89. The average molecular weight is 399 g/mol. The Kier molecular flexibility index (Phi) is 5.47. The van der Waals surface area contributed by atoms with Gasteiger partial charge in [-0.3, -0.25) is 4.79 Å². The third kappa shape index (κ3) is 4.06. The van der Waals surface area contributed by atoms with Crippen LogP contribution in [0.2, 0.25) is 15.3 Å². The van der Waals surface area contributed by atoms with E-state index < -0.39 is 0 Å². The van der Waals surface area contributed by atoms with Crippen molar-refractivity contribution in [2.75, 3.05) is 0 Å². The van der Waals surface area contributed by atoms with Gasteiger partial charge in [-0.25, -0.2) is 9.97 Å². The molecule has 0 saturated carbocycles. The Bertz CT molecular complexity index is 829. The Hall–Kier alpha value is -1.82. The first-order valence-corrected chi connectivity index (χ1v) is 8.68. The molecule has 1 aliphatic carbocycles. The third-order valence-corrected chi connectivity index (χ3v) is 4.77. The standard InChI is InChI=1S/C17H14Cl3N3O2/c1-2-15(24)22-12-4-5-13(16-10(12)3-6-14(19)23-16)25-9-7-11(18)17(20)21-8-9/h2-3,6-8,12-13H,1,4-5H2,(H,22,24). The molecule has 0 saturated heterocycles. The molecule has 0 fully saturated rings. The summed E-state index contributed by atoms with van der Waals surface area (Å²) in [6.07, 6.45) is 3.75. The molecule has 2 aromatic rings. The van der Waals surface area contributed by atoms with Crippen LogP contribution in [0.4, 0.5) is 0 Å². The van der Waals surface area contributed by atoms with Crippen molar-refractivity contribution >= 4 is 40.7 Å². The fourth-order valence-corrected chi connectivity index (χ4v) is 3.17. The summed E-state index contributed by atoms with van der Waals surface area (Å²) >= 11 is 17.9. The summed E-state index contributed by atoms with van der Waals surface area (Å²) in [4.78, 5) is 20.0. The van der Waals surface area contributed by atoms with Gasteiger partial charge in [0.1, 0.15) is 22.2 Å². The van der Waals surface area contributed by atoms with E-state index in [4.69, 9.17) is 39.5 Å². The second-order valence-electron chi connectivity index (χ2n) is 5.50. The van der Waals surface area contributed by atoms with Gasteiger partial charge < -0.3 is 10.1 Å². The van der Waals surface area contributed by atoms with Crippen LogP contribution in [-0.2, 0) is 4.79 Å². The molecule has 0 spiro atoms. The van der Waals surface area contributed by atoms with Crippen molar-refractivity contribution in [3.63, 3.8) is 0 Å². The maximum atomic E-state index is 11.7. The lowest BCUT2D eigenvalue weighted by Crippen LogP contribution is -2.32. The monoisotopic (exact) mass is 397 g/mol. The molecule has 2 atom stereocenters. The molecule has 3 rings (SSSR count). The van der Waals surface area contributed by atoms with Crippen LogP contribution in [-0.4, -0.2) is 15.9 Å². The molecule has 1 N–H and O–H groups in total. The van der Waals surface area contributed by atoms with E-state index in [9.17, 15) is 4.79 Å². The number of nitrogens with one attached hydrogen (secondary N) is 1. The number of aromatic nitrogens is 2. The maximum Gasteiger partial charge on any atom is 0.243 e. The van der Waals surface area contributed by atoms with E-state index in [2.05, 4.69) is 21.9 Å². The Morgan fingerprint density at radius 3 is 2.84 bits per heavy atom. The minimum atomic E-state index is -0.329. The summed E-state index contributed by atoms with van der Waals surface area (Å²) in [6.45, 7) is 3.48. The number of ether oxygens (including phenoxy) is 1. The van der Waals surface area contributed by atoms with Gasteiger partial charge >= 0.3 is 0 Å². The summed E-state index contributed by atoms with van der Waals surface area (Å²) in [5, 5.41) is 3.78. The Labute approximate surface area is 160 Å². The minimum Gasteiger partial charge on any atom is -0.482 e. The van der Waals surface area contributed by atoms with Gasteiger partial charge in [0.2, 0.25) is 5.91 Å². The summed E-state index contributed by atoms with van der Waals surface area (Å²) in [5.74, 6) is 0.250. The van der Waals surface area contributed by atoms with Gasteiger partial charge in [-0.05, 0) is 30.5 Å². The highest BCUT2D eigenvalue weighted by Gasteiger charge is 2.31. The van der Waals surface area contributed by atoms with Crippen LogP contribution in [0.5, 0.6) is 5.75 Å². The summed E-state index contributed by atoms with van der Waals surface area (Å²) in [6, 6.07) is 4.97. The van der Waals surface area contributed by atoms with E-state index in [0.717, 1.165) is 5.56 Å². The van der Waals surface area contributed by atoms with E-state index in [1.165, 1.54) is 12.3 Å². The fraction of sp³-hybridized carbons (Fsp3) is 0.235. The lowest BCUT2D eigenvalue weighted by Gasteiger charge is -2.31. The van der Waals surface area contributed by atoms with Gasteiger partial charge in [0.05, 0.1) is 23.0 Å². The predicted octanol–water partition coefficient (Wildman–Crippen LogP) is 4.69. The van der Waals surface area contributed by atoms with Gasteiger partial charge in [0.15, 0.2) is 0 Å². The van der Waals surface area contributed by atoms with Crippen molar-refractivity contribution in [2.24, 2.45) is 0 Å². The number of nitrogens with zero attached hydrogens (tertiary/aromatic N) is 2. The van der Waals surface area contributed by atoms with Crippen molar-refractivity contribution in [3.05, 3.63) is 63.6 Å². The second kappa shape index (κ2) is 7.60. The van der Waals surface area contributed by atoms with Crippen LogP contribution >= 0.6 is 34.8 Å². The molecule has 1 aliphatic rings. The van der Waals surface area contributed by atoms with Gasteiger partial charge in [0.25, 0.3) is 0 Å². The van der Waals surface area contributed by atoms with E-state index in [1.54, 1.807) is 12.1 Å².